The van der Waals surface area contributed by atoms with E-state index in [0.717, 1.165) is 38.9 Å². The number of hydrogen-bond donors (Lipinski definition) is 3. The third-order valence-electron chi connectivity index (χ3n) is 5.59. The van der Waals surface area contributed by atoms with Gasteiger partial charge >= 0.3 is 0 Å². The monoisotopic (exact) mass is 648 g/mol. The van der Waals surface area contributed by atoms with Crippen molar-refractivity contribution in [1.29, 1.82) is 0 Å². The van der Waals surface area contributed by atoms with Crippen LogP contribution in [0.1, 0.15) is 16.7 Å². The van der Waals surface area contributed by atoms with Crippen molar-refractivity contribution in [1.82, 2.24) is 18.9 Å². The molecular formula is C26H26ClIN6O2S. The van der Waals surface area contributed by atoms with Crippen LogP contribution in [0.15, 0.2) is 61.3 Å². The number of fused-ring (bicyclic) bond motifs is 1. The molecule has 0 saturated carbocycles. The van der Waals surface area contributed by atoms with Gasteiger partial charge in [0.25, 0.3) is 0 Å². The Morgan fingerprint density at radius 1 is 1.30 bits per heavy atom. The number of nitrogens with zero attached hydrogens (tertiary/aromatic N) is 4. The highest BCUT2D eigenvalue weighted by Gasteiger charge is 2.19. The molecule has 0 fully saturated rings. The Hall–Kier alpha value is -2.96. The average Bonchev–Trinajstić information content (AvgIpc) is 3.30. The van der Waals surface area contributed by atoms with Gasteiger partial charge in [-0.3, -0.25) is 8.96 Å². The van der Waals surface area contributed by atoms with Crippen LogP contribution in [0.5, 0.6) is 5.75 Å². The molecule has 0 atom stereocenters. The summed E-state index contributed by atoms with van der Waals surface area (Å²) in [7, 11) is 3.32. The van der Waals surface area contributed by atoms with Crippen LogP contribution >= 0.6 is 41.9 Å². The summed E-state index contributed by atoms with van der Waals surface area (Å²) in [5, 5.41) is 17.5. The van der Waals surface area contributed by atoms with E-state index in [0.29, 0.717) is 36.5 Å². The molecule has 0 spiro atoms. The molecule has 0 aliphatic heterocycles. The predicted molar refractivity (Wildman–Crippen MR) is 163 cm³/mol. The molecular weight excluding hydrogens is 623 g/mol. The fourth-order valence-electron chi connectivity index (χ4n) is 3.77. The zero-order chi connectivity index (χ0) is 26.4. The summed E-state index contributed by atoms with van der Waals surface area (Å²) >= 11 is 7.99. The number of aryl methyl sites for hydroxylation is 1. The van der Waals surface area contributed by atoms with Crippen molar-refractivity contribution in [2.45, 2.75) is 13.5 Å². The summed E-state index contributed by atoms with van der Waals surface area (Å²) in [5.74, 6) is 2.38. The van der Waals surface area contributed by atoms with Crippen LogP contribution in [0, 0.1) is 6.92 Å². The lowest BCUT2D eigenvalue weighted by Gasteiger charge is -2.12. The molecule has 0 aliphatic rings. The van der Waals surface area contributed by atoms with Crippen LogP contribution in [0.25, 0.3) is 28.2 Å². The third kappa shape index (κ3) is 6.31. The second-order valence-electron chi connectivity index (χ2n) is 8.05. The van der Waals surface area contributed by atoms with Gasteiger partial charge in [0, 0.05) is 61.9 Å². The van der Waals surface area contributed by atoms with E-state index < -0.39 is 0 Å². The summed E-state index contributed by atoms with van der Waals surface area (Å²) < 4.78 is 7.62. The second-order valence-corrected chi connectivity index (χ2v) is 10.1. The summed E-state index contributed by atoms with van der Waals surface area (Å²) in [6, 6.07) is 8.07. The minimum Gasteiger partial charge on any atom is -0.508 e. The summed E-state index contributed by atoms with van der Waals surface area (Å²) in [5.41, 5.74) is 5.61. The van der Waals surface area contributed by atoms with E-state index in [1.807, 2.05) is 29.1 Å². The first-order valence-corrected chi connectivity index (χ1v) is 15.2. The van der Waals surface area contributed by atoms with Gasteiger partial charge in [-0.1, -0.05) is 18.7 Å². The van der Waals surface area contributed by atoms with E-state index in [1.54, 1.807) is 25.5 Å². The van der Waals surface area contributed by atoms with Crippen molar-refractivity contribution in [2.24, 2.45) is 0 Å². The van der Waals surface area contributed by atoms with Crippen molar-refractivity contribution in [3.05, 3.63) is 78.0 Å². The molecule has 11 heteroatoms. The molecule has 8 nitrogen and oxygen atoms in total. The Morgan fingerprint density at radius 3 is 2.86 bits per heavy atom. The van der Waals surface area contributed by atoms with Crippen molar-refractivity contribution < 1.29 is 9.84 Å². The molecule has 0 radical (unpaired) electrons. The first-order chi connectivity index (χ1) is 18.0. The maximum Gasteiger partial charge on any atom is 0.226 e. The molecule has 4 rings (SSSR count). The zero-order valence-corrected chi connectivity index (χ0v) is 24.1. The molecule has 0 saturated heterocycles. The highest BCUT2D eigenvalue weighted by atomic mass is 127. The van der Waals surface area contributed by atoms with Gasteiger partial charge in [0.15, 0.2) is 5.65 Å². The Balaban J connectivity index is 1.80. The number of anilines is 2. The molecule has 0 bridgehead atoms. The molecule has 3 N–H and O–H groups in total. The molecule has 3 heterocycles. The summed E-state index contributed by atoms with van der Waals surface area (Å²) in [6.45, 7) is 6.55. The number of rotatable bonds is 11. The SMILES string of the molecule is C=C/C(O)=C\c1cc(-c2cn(SI)c3nc(NC)nc(NCc4cncc(OCCCl)c4)c23)ccc1C. The van der Waals surface area contributed by atoms with Gasteiger partial charge in [0.1, 0.15) is 23.9 Å². The van der Waals surface area contributed by atoms with Crippen LogP contribution in [-0.2, 0) is 6.54 Å². The van der Waals surface area contributed by atoms with E-state index in [2.05, 4.69) is 55.7 Å². The molecule has 0 unspecified atom stereocenters. The van der Waals surface area contributed by atoms with Gasteiger partial charge in [0.2, 0.25) is 5.95 Å². The average molecular weight is 649 g/mol. The van der Waals surface area contributed by atoms with Crippen LogP contribution < -0.4 is 15.4 Å². The van der Waals surface area contributed by atoms with E-state index in [1.165, 1.54) is 15.2 Å². The topological polar surface area (TPSA) is 97.1 Å². The third-order valence-corrected chi connectivity index (χ3v) is 7.45. The van der Waals surface area contributed by atoms with Crippen molar-refractivity contribution in [2.75, 3.05) is 30.2 Å². The number of ether oxygens (including phenoxy) is 1. The van der Waals surface area contributed by atoms with E-state index in [-0.39, 0.29) is 5.76 Å². The number of alkyl halides is 1. The number of nitrogens with one attached hydrogen (secondary N) is 2. The highest BCUT2D eigenvalue weighted by molar-refractivity contribution is 14.2. The molecule has 1 aromatic carbocycles. The molecule has 4 aromatic rings. The standard InChI is InChI=1S/C26H26ClIN6O2S/c1-4-20(35)11-19-10-18(6-5-16(19)2)22-15-34(37-28)25-23(22)24(32-26(29-3)33-25)31-13-17-9-21(14-30-12-17)36-8-7-27/h4-6,9-12,14-15,35H,1,7-8,13H2,2-3H3,(H2,29,31,32,33)/b20-11+. The molecule has 0 amide bonds. The van der Waals surface area contributed by atoms with Crippen molar-refractivity contribution in [3.63, 3.8) is 0 Å². The van der Waals surface area contributed by atoms with Gasteiger partial charge in [-0.25, -0.2) is 0 Å². The first-order valence-electron chi connectivity index (χ1n) is 11.4. The molecule has 37 heavy (non-hydrogen) atoms. The minimum absolute atomic E-state index is 0.112. The quantitative estimate of drug-likeness (QED) is 0.0692. The Labute approximate surface area is 236 Å². The molecule has 3 aromatic heterocycles. The molecule has 192 valence electrons. The zero-order valence-electron chi connectivity index (χ0n) is 20.3. The van der Waals surface area contributed by atoms with E-state index >= 15 is 0 Å². The Bertz CT molecular complexity index is 1460. The number of halogens is 2. The van der Waals surface area contributed by atoms with Gasteiger partial charge in [0.05, 0.1) is 17.5 Å². The lowest BCUT2D eigenvalue weighted by Crippen LogP contribution is -2.07. The largest absolute Gasteiger partial charge is 0.508 e. The lowest BCUT2D eigenvalue weighted by molar-refractivity contribution is 0.341. The normalized spacial score (nSPS) is 11.5. The van der Waals surface area contributed by atoms with E-state index in [4.69, 9.17) is 26.3 Å². The summed E-state index contributed by atoms with van der Waals surface area (Å²) in [4.78, 5) is 13.8. The number of aliphatic hydroxyl groups is 1. The first kappa shape index (κ1) is 27.1. The number of pyridine rings is 1. The summed E-state index contributed by atoms with van der Waals surface area (Å²) in [6.07, 6.45) is 8.63. The number of aliphatic hydroxyl groups excluding tert-OH is 1. The van der Waals surface area contributed by atoms with Gasteiger partial charge in [-0.15, -0.1) is 11.6 Å². The fraction of sp³-hybridized carbons (Fsp3) is 0.192. The Morgan fingerprint density at radius 2 is 2.14 bits per heavy atom. The maximum atomic E-state index is 10.0. The lowest BCUT2D eigenvalue weighted by atomic mass is 9.99. The van der Waals surface area contributed by atoms with Gasteiger partial charge < -0.3 is 20.5 Å². The van der Waals surface area contributed by atoms with Crippen molar-refractivity contribution in [3.8, 4) is 16.9 Å². The fourth-order valence-corrected chi connectivity index (χ4v) is 5.09. The van der Waals surface area contributed by atoms with Crippen molar-refractivity contribution >= 4 is 70.8 Å². The maximum absolute atomic E-state index is 10.0. The number of aromatic nitrogens is 4. The number of hydrogen-bond acceptors (Lipinski definition) is 8. The van der Waals surface area contributed by atoms with Crippen LogP contribution in [0.2, 0.25) is 0 Å². The van der Waals surface area contributed by atoms with Gasteiger partial charge in [-0.05, 0) is 53.5 Å². The number of benzene rings is 1. The van der Waals surface area contributed by atoms with E-state index in [9.17, 15) is 5.11 Å². The van der Waals surface area contributed by atoms with Gasteiger partial charge in [-0.2, -0.15) is 9.97 Å². The predicted octanol–water partition coefficient (Wildman–Crippen LogP) is 7.00. The minimum atomic E-state index is 0.112. The smallest absolute Gasteiger partial charge is 0.226 e. The molecule has 0 aliphatic carbocycles. The van der Waals surface area contributed by atoms with Crippen LogP contribution in [0.4, 0.5) is 11.8 Å². The second kappa shape index (κ2) is 12.5. The number of allylic oxidation sites excluding steroid dienone is 1. The van der Waals surface area contributed by atoms with Crippen LogP contribution in [0.3, 0.4) is 0 Å². The van der Waals surface area contributed by atoms with Crippen LogP contribution in [-0.4, -0.2) is 43.6 Å². The Kier molecular flexibility index (Phi) is 9.17. The highest BCUT2D eigenvalue weighted by Crippen LogP contribution is 2.39.